The summed E-state index contributed by atoms with van der Waals surface area (Å²) in [6.45, 7) is 6.49. The van der Waals surface area contributed by atoms with Crippen molar-refractivity contribution in [2.75, 3.05) is 5.32 Å². The Hall–Kier alpha value is -2.65. The number of aryl methyl sites for hydroxylation is 1. The van der Waals surface area contributed by atoms with E-state index in [4.69, 9.17) is 12.2 Å². The van der Waals surface area contributed by atoms with E-state index in [2.05, 4.69) is 104 Å². The van der Waals surface area contributed by atoms with Gasteiger partial charge in [-0.05, 0) is 53.9 Å². The highest BCUT2D eigenvalue weighted by Gasteiger charge is 2.15. The Morgan fingerprint density at radius 3 is 1.89 bits per heavy atom. The van der Waals surface area contributed by atoms with Crippen LogP contribution >= 0.6 is 12.2 Å². The van der Waals surface area contributed by atoms with Gasteiger partial charge in [-0.1, -0.05) is 86.1 Å². The number of rotatable bonds is 5. The maximum atomic E-state index is 5.60. The van der Waals surface area contributed by atoms with E-state index in [-0.39, 0.29) is 6.04 Å². The van der Waals surface area contributed by atoms with Gasteiger partial charge in [0.2, 0.25) is 0 Å². The van der Waals surface area contributed by atoms with Crippen LogP contribution in [-0.4, -0.2) is 5.11 Å². The molecular weight excluding hydrogens is 348 g/mol. The number of hydrogen-bond donors (Lipinski definition) is 2. The van der Waals surface area contributed by atoms with Crippen molar-refractivity contribution in [2.45, 2.75) is 32.7 Å². The van der Waals surface area contributed by atoms with Gasteiger partial charge in [-0.3, -0.25) is 0 Å². The Balaban J connectivity index is 1.77. The smallest absolute Gasteiger partial charge is 0.171 e. The zero-order valence-electron chi connectivity index (χ0n) is 16.1. The summed E-state index contributed by atoms with van der Waals surface area (Å²) >= 11 is 5.60. The van der Waals surface area contributed by atoms with E-state index < -0.39 is 0 Å². The molecule has 138 valence electrons. The molecule has 3 rings (SSSR count). The minimum absolute atomic E-state index is 0.00161. The molecule has 0 fully saturated rings. The maximum Gasteiger partial charge on any atom is 0.171 e. The van der Waals surface area contributed by atoms with Crippen LogP contribution < -0.4 is 10.6 Å². The molecule has 0 saturated heterocycles. The highest BCUT2D eigenvalue weighted by atomic mass is 32.1. The first-order valence-corrected chi connectivity index (χ1v) is 9.73. The summed E-state index contributed by atoms with van der Waals surface area (Å²) in [6.07, 6.45) is 0. The fourth-order valence-electron chi connectivity index (χ4n) is 3.01. The van der Waals surface area contributed by atoms with Crippen molar-refractivity contribution in [3.05, 3.63) is 101 Å². The first kappa shape index (κ1) is 19.1. The second-order valence-corrected chi connectivity index (χ2v) is 7.54. The largest absolute Gasteiger partial charge is 0.352 e. The third-order valence-corrected chi connectivity index (χ3v) is 4.87. The topological polar surface area (TPSA) is 24.1 Å². The zero-order valence-corrected chi connectivity index (χ0v) is 16.9. The lowest BCUT2D eigenvalue weighted by Gasteiger charge is -2.22. The van der Waals surface area contributed by atoms with E-state index in [1.54, 1.807) is 0 Å². The van der Waals surface area contributed by atoms with E-state index in [0.717, 1.165) is 5.69 Å². The third-order valence-electron chi connectivity index (χ3n) is 4.65. The molecule has 27 heavy (non-hydrogen) atoms. The van der Waals surface area contributed by atoms with E-state index in [1.165, 1.54) is 22.3 Å². The first-order valence-electron chi connectivity index (χ1n) is 9.32. The summed E-state index contributed by atoms with van der Waals surface area (Å²) < 4.78 is 0. The van der Waals surface area contributed by atoms with Crippen LogP contribution in [0.4, 0.5) is 5.69 Å². The van der Waals surface area contributed by atoms with Gasteiger partial charge in [0.1, 0.15) is 0 Å². The molecule has 3 heteroatoms. The van der Waals surface area contributed by atoms with Crippen LogP contribution in [0.25, 0.3) is 0 Å². The molecule has 0 saturated carbocycles. The van der Waals surface area contributed by atoms with Gasteiger partial charge in [-0.15, -0.1) is 0 Å². The molecule has 0 aromatic heterocycles. The van der Waals surface area contributed by atoms with Gasteiger partial charge >= 0.3 is 0 Å². The van der Waals surface area contributed by atoms with Gasteiger partial charge in [0.05, 0.1) is 6.04 Å². The Morgan fingerprint density at radius 2 is 1.30 bits per heavy atom. The van der Waals surface area contributed by atoms with Gasteiger partial charge in [-0.2, -0.15) is 0 Å². The molecule has 0 spiro atoms. The van der Waals surface area contributed by atoms with Crippen molar-refractivity contribution in [3.63, 3.8) is 0 Å². The SMILES string of the molecule is Cc1ccc(C(NC(=S)Nc2ccc(C(C)C)cc2)c2ccccc2)cc1. The van der Waals surface area contributed by atoms with Gasteiger partial charge in [0, 0.05) is 5.69 Å². The van der Waals surface area contributed by atoms with Crippen LogP contribution in [-0.2, 0) is 0 Å². The van der Waals surface area contributed by atoms with Crippen molar-refractivity contribution in [2.24, 2.45) is 0 Å². The number of anilines is 1. The predicted octanol–water partition coefficient (Wildman–Crippen LogP) is 6.19. The van der Waals surface area contributed by atoms with Crippen LogP contribution in [0.3, 0.4) is 0 Å². The minimum atomic E-state index is 0.00161. The molecule has 0 aliphatic carbocycles. The fourth-order valence-corrected chi connectivity index (χ4v) is 3.25. The van der Waals surface area contributed by atoms with Gasteiger partial charge in [0.15, 0.2) is 5.11 Å². The van der Waals surface area contributed by atoms with E-state index in [1.807, 2.05) is 6.07 Å². The summed E-state index contributed by atoms with van der Waals surface area (Å²) in [7, 11) is 0. The van der Waals surface area contributed by atoms with E-state index in [9.17, 15) is 0 Å². The van der Waals surface area contributed by atoms with Crippen molar-refractivity contribution < 1.29 is 0 Å². The predicted molar refractivity (Wildman–Crippen MR) is 119 cm³/mol. The molecule has 3 aromatic carbocycles. The minimum Gasteiger partial charge on any atom is -0.352 e. The zero-order chi connectivity index (χ0) is 19.2. The van der Waals surface area contributed by atoms with Crippen molar-refractivity contribution in [1.29, 1.82) is 0 Å². The normalized spacial score (nSPS) is 11.9. The van der Waals surface area contributed by atoms with Crippen molar-refractivity contribution in [1.82, 2.24) is 5.32 Å². The number of benzene rings is 3. The molecule has 0 amide bonds. The summed E-state index contributed by atoms with van der Waals surface area (Å²) in [5, 5.41) is 7.40. The first-order chi connectivity index (χ1) is 13.0. The average Bonchev–Trinajstić information content (AvgIpc) is 2.68. The molecule has 0 aliphatic rings. The summed E-state index contributed by atoms with van der Waals surface area (Å²) in [5.41, 5.74) is 5.93. The Kier molecular flexibility index (Phi) is 6.25. The fraction of sp³-hybridized carbons (Fsp3) is 0.208. The third kappa shape index (κ3) is 5.18. The van der Waals surface area contributed by atoms with Crippen LogP contribution in [0.2, 0.25) is 0 Å². The maximum absolute atomic E-state index is 5.60. The molecule has 3 aromatic rings. The lowest BCUT2D eigenvalue weighted by atomic mass is 9.98. The number of hydrogen-bond acceptors (Lipinski definition) is 1. The summed E-state index contributed by atoms with van der Waals surface area (Å²) in [4.78, 5) is 0. The highest BCUT2D eigenvalue weighted by Crippen LogP contribution is 2.23. The van der Waals surface area contributed by atoms with Crippen LogP contribution in [0.1, 0.15) is 48.1 Å². The molecule has 0 heterocycles. The molecule has 1 unspecified atom stereocenters. The standard InChI is InChI=1S/C24H26N2S/c1-17(2)19-13-15-22(16-14-19)25-24(27)26-23(20-7-5-4-6-8-20)21-11-9-18(3)10-12-21/h4-17,23H,1-3H3,(H2,25,26,27). The second-order valence-electron chi connectivity index (χ2n) is 7.13. The Bertz CT molecular complexity index is 869. The van der Waals surface area contributed by atoms with Crippen LogP contribution in [0, 0.1) is 6.92 Å². The van der Waals surface area contributed by atoms with Gasteiger partial charge in [0.25, 0.3) is 0 Å². The highest BCUT2D eigenvalue weighted by molar-refractivity contribution is 7.80. The van der Waals surface area contributed by atoms with Crippen molar-refractivity contribution in [3.8, 4) is 0 Å². The molecule has 2 N–H and O–H groups in total. The molecule has 1 atom stereocenters. The average molecular weight is 375 g/mol. The van der Waals surface area contributed by atoms with Crippen molar-refractivity contribution >= 4 is 23.0 Å². The Morgan fingerprint density at radius 1 is 0.741 bits per heavy atom. The monoisotopic (exact) mass is 374 g/mol. The molecular formula is C24H26N2S. The van der Waals surface area contributed by atoms with E-state index >= 15 is 0 Å². The van der Waals surface area contributed by atoms with Crippen LogP contribution in [0.15, 0.2) is 78.9 Å². The second kappa shape index (κ2) is 8.83. The molecule has 2 nitrogen and oxygen atoms in total. The van der Waals surface area contributed by atoms with Gasteiger partial charge in [-0.25, -0.2) is 0 Å². The molecule has 0 radical (unpaired) electrons. The number of thiocarbonyl (C=S) groups is 1. The lowest BCUT2D eigenvalue weighted by molar-refractivity contribution is 0.768. The van der Waals surface area contributed by atoms with Gasteiger partial charge < -0.3 is 10.6 Å². The molecule has 0 aliphatic heterocycles. The summed E-state index contributed by atoms with van der Waals surface area (Å²) in [6, 6.07) is 27.4. The number of nitrogens with one attached hydrogen (secondary N) is 2. The summed E-state index contributed by atoms with van der Waals surface area (Å²) in [5.74, 6) is 0.521. The Labute approximate surface area is 167 Å². The quantitative estimate of drug-likeness (QED) is 0.520. The molecule has 0 bridgehead atoms. The van der Waals surface area contributed by atoms with E-state index in [0.29, 0.717) is 11.0 Å². The lowest BCUT2D eigenvalue weighted by Crippen LogP contribution is -2.33. The van der Waals surface area contributed by atoms with Crippen LogP contribution in [0.5, 0.6) is 0 Å².